The second-order valence-corrected chi connectivity index (χ2v) is 3.74. The van der Waals surface area contributed by atoms with Crippen LogP contribution < -0.4 is 5.32 Å². The lowest BCUT2D eigenvalue weighted by molar-refractivity contribution is -0.112. The molecular formula is C12H9NO2S. The van der Waals surface area contributed by atoms with Crippen molar-refractivity contribution in [3.05, 3.63) is 28.8 Å². The van der Waals surface area contributed by atoms with Crippen LogP contribution >= 0.6 is 12.6 Å². The first-order chi connectivity index (χ1) is 7.65. The Kier molecular flexibility index (Phi) is 2.71. The van der Waals surface area contributed by atoms with Crippen molar-refractivity contribution in [3.63, 3.8) is 0 Å². The molecule has 0 unspecified atom stereocenters. The third-order valence-electron chi connectivity index (χ3n) is 2.39. The van der Waals surface area contributed by atoms with Gasteiger partial charge in [0.2, 0.25) is 0 Å². The molecule has 3 nitrogen and oxygen atoms in total. The van der Waals surface area contributed by atoms with E-state index >= 15 is 0 Å². The Labute approximate surface area is 98.6 Å². The Morgan fingerprint density at radius 2 is 2.12 bits per heavy atom. The molecule has 4 heteroatoms. The van der Waals surface area contributed by atoms with Crippen molar-refractivity contribution in [1.29, 1.82) is 0 Å². The van der Waals surface area contributed by atoms with Crippen LogP contribution in [0.4, 0.5) is 5.69 Å². The van der Waals surface area contributed by atoms with Gasteiger partial charge in [-0.05, 0) is 18.6 Å². The largest absolute Gasteiger partial charge is 0.318 e. The molecule has 0 saturated carbocycles. The number of hydrogen-bond acceptors (Lipinski definition) is 3. The fourth-order valence-corrected chi connectivity index (χ4v) is 1.71. The van der Waals surface area contributed by atoms with E-state index in [0.717, 1.165) is 5.56 Å². The van der Waals surface area contributed by atoms with Gasteiger partial charge in [0.15, 0.2) is 0 Å². The standard InChI is InChI=1S/C12H9NO2S/c1-7-4-5-9-10(8(7)3-2-6-16)11(14)12(15)13-9/h4-5,16H,6H2,1H3,(H,13,14,15). The van der Waals surface area contributed by atoms with Gasteiger partial charge in [-0.2, -0.15) is 12.6 Å². The highest BCUT2D eigenvalue weighted by Crippen LogP contribution is 2.28. The Balaban J connectivity index is 2.66. The topological polar surface area (TPSA) is 46.2 Å². The molecule has 1 aromatic carbocycles. The summed E-state index contributed by atoms with van der Waals surface area (Å²) in [5.74, 6) is 4.98. The van der Waals surface area contributed by atoms with E-state index in [0.29, 0.717) is 22.6 Å². The van der Waals surface area contributed by atoms with E-state index in [2.05, 4.69) is 29.8 Å². The lowest BCUT2D eigenvalue weighted by Crippen LogP contribution is -2.13. The second kappa shape index (κ2) is 4.03. The van der Waals surface area contributed by atoms with Crippen LogP contribution in [0.5, 0.6) is 0 Å². The number of carbonyl (C=O) groups excluding carboxylic acids is 2. The van der Waals surface area contributed by atoms with Gasteiger partial charge >= 0.3 is 0 Å². The molecule has 1 heterocycles. The zero-order valence-corrected chi connectivity index (χ0v) is 9.52. The maximum Gasteiger partial charge on any atom is 0.296 e. The Morgan fingerprint density at radius 1 is 1.38 bits per heavy atom. The summed E-state index contributed by atoms with van der Waals surface area (Å²) in [5.41, 5.74) is 2.44. The fourth-order valence-electron chi connectivity index (χ4n) is 1.63. The molecule has 1 amide bonds. The molecule has 0 atom stereocenters. The average molecular weight is 231 g/mol. The Hall–Kier alpha value is -1.73. The molecule has 0 radical (unpaired) electrons. The molecule has 0 aliphatic carbocycles. The number of thiol groups is 1. The lowest BCUT2D eigenvalue weighted by Gasteiger charge is -2.03. The molecule has 16 heavy (non-hydrogen) atoms. The van der Waals surface area contributed by atoms with Crippen molar-refractivity contribution in [1.82, 2.24) is 0 Å². The van der Waals surface area contributed by atoms with Crippen molar-refractivity contribution >= 4 is 30.0 Å². The number of Topliss-reactive ketones (excluding diaryl/α,β-unsaturated/α-hetero) is 1. The molecule has 1 aromatic rings. The van der Waals surface area contributed by atoms with Crippen molar-refractivity contribution in [2.75, 3.05) is 11.1 Å². The van der Waals surface area contributed by atoms with Crippen LogP contribution in [0.15, 0.2) is 12.1 Å². The first kappa shape index (κ1) is 10.8. The predicted molar refractivity (Wildman–Crippen MR) is 64.9 cm³/mol. The Bertz CT molecular complexity index is 552. The van der Waals surface area contributed by atoms with Crippen LogP contribution in [0, 0.1) is 18.8 Å². The monoisotopic (exact) mass is 231 g/mol. The average Bonchev–Trinajstić information content (AvgIpc) is 2.55. The van der Waals surface area contributed by atoms with Crippen LogP contribution in [0.3, 0.4) is 0 Å². The maximum atomic E-state index is 11.6. The highest BCUT2D eigenvalue weighted by atomic mass is 32.1. The number of aryl methyl sites for hydroxylation is 1. The summed E-state index contributed by atoms with van der Waals surface area (Å²) >= 11 is 3.99. The number of amides is 1. The number of ketones is 1. The van der Waals surface area contributed by atoms with E-state index in [-0.39, 0.29) is 0 Å². The summed E-state index contributed by atoms with van der Waals surface area (Å²) in [6, 6.07) is 3.56. The molecule has 0 bridgehead atoms. The number of benzene rings is 1. The molecule has 1 aliphatic rings. The minimum absolute atomic E-state index is 0.388. The number of rotatable bonds is 0. The number of hydrogen-bond donors (Lipinski definition) is 2. The quantitative estimate of drug-likeness (QED) is 0.403. The maximum absolute atomic E-state index is 11.6. The molecule has 80 valence electrons. The molecular weight excluding hydrogens is 222 g/mol. The van der Waals surface area contributed by atoms with Crippen LogP contribution in [-0.2, 0) is 4.79 Å². The highest BCUT2D eigenvalue weighted by Gasteiger charge is 2.30. The third kappa shape index (κ3) is 1.59. The predicted octanol–water partition coefficient (Wildman–Crippen LogP) is 1.41. The van der Waals surface area contributed by atoms with Gasteiger partial charge in [0.25, 0.3) is 11.7 Å². The summed E-state index contributed by atoms with van der Waals surface area (Å²) in [5, 5.41) is 2.52. The van der Waals surface area contributed by atoms with E-state index in [9.17, 15) is 9.59 Å². The lowest BCUT2D eigenvalue weighted by atomic mass is 9.99. The van der Waals surface area contributed by atoms with E-state index in [4.69, 9.17) is 0 Å². The van der Waals surface area contributed by atoms with Gasteiger partial charge in [-0.15, -0.1) is 0 Å². The molecule has 1 aliphatic heterocycles. The first-order valence-corrected chi connectivity index (χ1v) is 5.37. The normalized spacial score (nSPS) is 12.9. The van der Waals surface area contributed by atoms with Crippen molar-refractivity contribution in [2.45, 2.75) is 6.92 Å². The molecule has 0 saturated heterocycles. The van der Waals surface area contributed by atoms with Crippen LogP contribution in [0.1, 0.15) is 21.5 Å². The Morgan fingerprint density at radius 3 is 2.81 bits per heavy atom. The summed E-state index contributed by atoms with van der Waals surface area (Å²) < 4.78 is 0. The number of carbonyl (C=O) groups is 2. The smallest absolute Gasteiger partial charge is 0.296 e. The summed E-state index contributed by atoms with van der Waals surface area (Å²) in [6.45, 7) is 1.86. The number of anilines is 1. The molecule has 2 rings (SSSR count). The van der Waals surface area contributed by atoms with E-state index in [1.807, 2.05) is 13.0 Å². The van der Waals surface area contributed by atoms with Gasteiger partial charge in [0.1, 0.15) is 0 Å². The van der Waals surface area contributed by atoms with Gasteiger partial charge in [-0.1, -0.05) is 17.9 Å². The van der Waals surface area contributed by atoms with E-state index in [1.165, 1.54) is 0 Å². The second-order valence-electron chi connectivity index (χ2n) is 3.42. The third-order valence-corrected chi connectivity index (χ3v) is 2.55. The number of fused-ring (bicyclic) bond motifs is 1. The minimum atomic E-state index is -0.588. The molecule has 0 fully saturated rings. The van der Waals surface area contributed by atoms with Crippen LogP contribution in [0.25, 0.3) is 0 Å². The van der Waals surface area contributed by atoms with Gasteiger partial charge in [-0.25, -0.2) is 0 Å². The van der Waals surface area contributed by atoms with Crippen LogP contribution in [0.2, 0.25) is 0 Å². The van der Waals surface area contributed by atoms with Crippen molar-refractivity contribution in [2.24, 2.45) is 0 Å². The van der Waals surface area contributed by atoms with Gasteiger partial charge in [0.05, 0.1) is 17.0 Å². The highest BCUT2D eigenvalue weighted by molar-refractivity contribution is 7.80. The van der Waals surface area contributed by atoms with E-state index in [1.54, 1.807) is 6.07 Å². The zero-order chi connectivity index (χ0) is 11.7. The van der Waals surface area contributed by atoms with Gasteiger partial charge in [-0.3, -0.25) is 9.59 Å². The van der Waals surface area contributed by atoms with Gasteiger partial charge in [0, 0.05) is 5.56 Å². The van der Waals surface area contributed by atoms with Crippen LogP contribution in [-0.4, -0.2) is 17.4 Å². The first-order valence-electron chi connectivity index (χ1n) is 4.74. The zero-order valence-electron chi connectivity index (χ0n) is 8.63. The van der Waals surface area contributed by atoms with Crippen molar-refractivity contribution < 1.29 is 9.59 Å². The van der Waals surface area contributed by atoms with Crippen molar-refractivity contribution in [3.8, 4) is 11.8 Å². The fraction of sp³-hybridized carbons (Fsp3) is 0.167. The summed E-state index contributed by atoms with van der Waals surface area (Å²) in [6.07, 6.45) is 0. The summed E-state index contributed by atoms with van der Waals surface area (Å²) in [7, 11) is 0. The number of nitrogens with one attached hydrogen (secondary N) is 1. The van der Waals surface area contributed by atoms with E-state index < -0.39 is 11.7 Å². The molecule has 1 N–H and O–H groups in total. The summed E-state index contributed by atoms with van der Waals surface area (Å²) in [4.78, 5) is 22.9. The SMILES string of the molecule is Cc1ccc2c(c1C#CCS)C(=O)C(=O)N2. The van der Waals surface area contributed by atoms with Gasteiger partial charge < -0.3 is 5.32 Å². The molecule has 0 spiro atoms. The molecule has 0 aromatic heterocycles. The minimum Gasteiger partial charge on any atom is -0.318 e.